The first-order valence-electron chi connectivity index (χ1n) is 3.99. The Morgan fingerprint density at radius 1 is 1.10 bits per heavy atom. The highest BCUT2D eigenvalue weighted by molar-refractivity contribution is 4.82. The van der Waals surface area contributed by atoms with Crippen LogP contribution in [-0.4, -0.2) is 22.4 Å². The van der Waals surface area contributed by atoms with Gasteiger partial charge in [0.25, 0.3) is 0 Å². The van der Waals surface area contributed by atoms with Crippen molar-refractivity contribution in [2.45, 2.75) is 38.9 Å². The van der Waals surface area contributed by atoms with E-state index in [0.29, 0.717) is 5.92 Å². The van der Waals surface area contributed by atoms with Crippen molar-refractivity contribution < 1.29 is 10.2 Å². The van der Waals surface area contributed by atoms with Crippen LogP contribution < -0.4 is 0 Å². The minimum atomic E-state index is -0.302. The van der Waals surface area contributed by atoms with Gasteiger partial charge in [-0.3, -0.25) is 0 Å². The average molecular weight is 144 g/mol. The van der Waals surface area contributed by atoms with E-state index in [4.69, 9.17) is 0 Å². The van der Waals surface area contributed by atoms with E-state index >= 15 is 0 Å². The molecule has 2 heteroatoms. The summed E-state index contributed by atoms with van der Waals surface area (Å²) in [6.45, 7) is 3.94. The lowest BCUT2D eigenvalue weighted by Gasteiger charge is -2.34. The highest BCUT2D eigenvalue weighted by atomic mass is 16.3. The van der Waals surface area contributed by atoms with Gasteiger partial charge in [0.05, 0.1) is 12.2 Å². The Kier molecular flexibility index (Phi) is 2.32. The number of hydrogen-bond acceptors (Lipinski definition) is 2. The van der Waals surface area contributed by atoms with Gasteiger partial charge in [0.1, 0.15) is 0 Å². The minimum Gasteiger partial charge on any atom is -0.393 e. The van der Waals surface area contributed by atoms with Crippen molar-refractivity contribution in [2.75, 3.05) is 0 Å². The maximum atomic E-state index is 9.46. The van der Waals surface area contributed by atoms with Crippen molar-refractivity contribution in [1.82, 2.24) is 0 Å². The van der Waals surface area contributed by atoms with Crippen LogP contribution in [0.1, 0.15) is 26.7 Å². The normalized spacial score (nSPS) is 49.2. The lowest BCUT2D eigenvalue weighted by molar-refractivity contribution is -0.0439. The van der Waals surface area contributed by atoms with Crippen molar-refractivity contribution in [3.8, 4) is 0 Å². The number of hydrogen-bond donors (Lipinski definition) is 2. The van der Waals surface area contributed by atoms with Gasteiger partial charge in [0, 0.05) is 5.92 Å². The lowest BCUT2D eigenvalue weighted by Crippen LogP contribution is -2.39. The van der Waals surface area contributed by atoms with E-state index in [1.165, 1.54) is 0 Å². The average Bonchev–Trinajstić information content (AvgIpc) is 1.93. The molecule has 0 amide bonds. The summed E-state index contributed by atoms with van der Waals surface area (Å²) in [7, 11) is 0. The van der Waals surface area contributed by atoms with Crippen LogP contribution in [0.2, 0.25) is 0 Å². The van der Waals surface area contributed by atoms with Crippen molar-refractivity contribution in [2.24, 2.45) is 11.8 Å². The van der Waals surface area contributed by atoms with Crippen LogP contribution in [0.3, 0.4) is 0 Å². The Balaban J connectivity index is 2.52. The van der Waals surface area contributed by atoms with Crippen LogP contribution in [-0.2, 0) is 0 Å². The second-order valence-electron chi connectivity index (χ2n) is 3.47. The van der Waals surface area contributed by atoms with Gasteiger partial charge in [0.15, 0.2) is 0 Å². The van der Waals surface area contributed by atoms with Crippen LogP contribution in [0, 0.1) is 11.8 Å². The maximum Gasteiger partial charge on any atom is 0.0615 e. The SMILES string of the molecule is CC1CCC(O)C(C)C1O. The molecule has 0 aliphatic heterocycles. The fourth-order valence-corrected chi connectivity index (χ4v) is 1.61. The molecule has 0 aromatic heterocycles. The molecular weight excluding hydrogens is 128 g/mol. The summed E-state index contributed by atoms with van der Waals surface area (Å²) in [6, 6.07) is 0. The van der Waals surface area contributed by atoms with Gasteiger partial charge >= 0.3 is 0 Å². The molecule has 0 heterocycles. The number of aliphatic hydroxyl groups is 2. The van der Waals surface area contributed by atoms with E-state index in [9.17, 15) is 10.2 Å². The quantitative estimate of drug-likeness (QED) is 0.527. The third-order valence-electron chi connectivity index (χ3n) is 2.65. The van der Waals surface area contributed by atoms with E-state index in [2.05, 4.69) is 0 Å². The number of rotatable bonds is 0. The molecule has 60 valence electrons. The molecule has 0 spiro atoms. The predicted molar refractivity (Wildman–Crippen MR) is 39.6 cm³/mol. The summed E-state index contributed by atoms with van der Waals surface area (Å²) in [4.78, 5) is 0. The predicted octanol–water partition coefficient (Wildman–Crippen LogP) is 0.774. The third-order valence-corrected chi connectivity index (χ3v) is 2.65. The van der Waals surface area contributed by atoms with Gasteiger partial charge in [-0.2, -0.15) is 0 Å². The highest BCUT2D eigenvalue weighted by Crippen LogP contribution is 2.28. The molecule has 0 bridgehead atoms. The highest BCUT2D eigenvalue weighted by Gasteiger charge is 2.31. The maximum absolute atomic E-state index is 9.46. The summed E-state index contributed by atoms with van der Waals surface area (Å²) in [5.41, 5.74) is 0. The van der Waals surface area contributed by atoms with E-state index in [1.54, 1.807) is 0 Å². The molecule has 1 aliphatic carbocycles. The van der Waals surface area contributed by atoms with Crippen LogP contribution in [0.4, 0.5) is 0 Å². The molecule has 0 radical (unpaired) electrons. The van der Waals surface area contributed by atoms with E-state index in [1.807, 2.05) is 13.8 Å². The third kappa shape index (κ3) is 1.32. The Morgan fingerprint density at radius 2 is 1.70 bits per heavy atom. The van der Waals surface area contributed by atoms with Crippen LogP contribution in [0.25, 0.3) is 0 Å². The Morgan fingerprint density at radius 3 is 2.20 bits per heavy atom. The first-order chi connectivity index (χ1) is 4.63. The summed E-state index contributed by atoms with van der Waals surface area (Å²) in [6.07, 6.45) is 1.21. The molecule has 2 nitrogen and oxygen atoms in total. The molecular formula is C8H16O2. The molecule has 10 heavy (non-hydrogen) atoms. The topological polar surface area (TPSA) is 40.5 Å². The van der Waals surface area contributed by atoms with Crippen molar-refractivity contribution in [3.05, 3.63) is 0 Å². The molecule has 1 fully saturated rings. The van der Waals surface area contributed by atoms with Crippen LogP contribution >= 0.6 is 0 Å². The molecule has 2 N–H and O–H groups in total. The zero-order chi connectivity index (χ0) is 7.72. The smallest absolute Gasteiger partial charge is 0.0615 e. The van der Waals surface area contributed by atoms with Gasteiger partial charge in [-0.1, -0.05) is 13.8 Å². The van der Waals surface area contributed by atoms with E-state index in [0.717, 1.165) is 12.8 Å². The molecule has 4 unspecified atom stereocenters. The van der Waals surface area contributed by atoms with E-state index < -0.39 is 0 Å². The monoisotopic (exact) mass is 144 g/mol. The first kappa shape index (κ1) is 8.02. The Hall–Kier alpha value is -0.0800. The fourth-order valence-electron chi connectivity index (χ4n) is 1.61. The van der Waals surface area contributed by atoms with Gasteiger partial charge in [0.2, 0.25) is 0 Å². The van der Waals surface area contributed by atoms with E-state index in [-0.39, 0.29) is 18.1 Å². The van der Waals surface area contributed by atoms with Crippen LogP contribution in [0.5, 0.6) is 0 Å². The molecule has 1 saturated carbocycles. The van der Waals surface area contributed by atoms with Crippen LogP contribution in [0.15, 0.2) is 0 Å². The molecule has 0 aromatic rings. The second kappa shape index (κ2) is 2.89. The van der Waals surface area contributed by atoms with Crippen molar-refractivity contribution >= 4 is 0 Å². The molecule has 1 rings (SSSR count). The lowest BCUT2D eigenvalue weighted by atomic mass is 9.79. The molecule has 0 saturated heterocycles. The summed E-state index contributed by atoms with van der Waals surface area (Å²) in [5, 5.41) is 18.8. The summed E-state index contributed by atoms with van der Waals surface area (Å²) < 4.78 is 0. The molecule has 0 aromatic carbocycles. The Labute approximate surface area is 61.9 Å². The van der Waals surface area contributed by atoms with Gasteiger partial charge in [-0.25, -0.2) is 0 Å². The molecule has 1 aliphatic rings. The van der Waals surface area contributed by atoms with Gasteiger partial charge in [-0.15, -0.1) is 0 Å². The molecule has 4 atom stereocenters. The standard InChI is InChI=1S/C8H16O2/c1-5-3-4-7(9)6(2)8(5)10/h5-10H,3-4H2,1-2H3. The Bertz CT molecular complexity index is 99.8. The zero-order valence-corrected chi connectivity index (χ0v) is 6.62. The van der Waals surface area contributed by atoms with Crippen molar-refractivity contribution in [3.63, 3.8) is 0 Å². The van der Waals surface area contributed by atoms with Gasteiger partial charge in [-0.05, 0) is 18.8 Å². The van der Waals surface area contributed by atoms with Crippen molar-refractivity contribution in [1.29, 1.82) is 0 Å². The fraction of sp³-hybridized carbons (Fsp3) is 1.00. The van der Waals surface area contributed by atoms with Gasteiger partial charge < -0.3 is 10.2 Å². The minimum absolute atomic E-state index is 0.0590. The summed E-state index contributed by atoms with van der Waals surface area (Å²) in [5.74, 6) is 0.419. The second-order valence-corrected chi connectivity index (χ2v) is 3.47. The number of aliphatic hydroxyl groups excluding tert-OH is 2. The zero-order valence-electron chi connectivity index (χ0n) is 6.62. The first-order valence-corrected chi connectivity index (χ1v) is 3.99. The largest absolute Gasteiger partial charge is 0.393 e. The summed E-state index contributed by atoms with van der Waals surface area (Å²) >= 11 is 0.